The molecule has 0 saturated heterocycles. The fourth-order valence-corrected chi connectivity index (χ4v) is 1.19. The van der Waals surface area contributed by atoms with Crippen LogP contribution in [-0.4, -0.2) is 21.8 Å². The molecule has 0 aliphatic rings. The van der Waals surface area contributed by atoms with E-state index in [9.17, 15) is 0 Å². The molecule has 0 aromatic carbocycles. The van der Waals surface area contributed by atoms with E-state index in [-0.39, 0.29) is 0 Å². The maximum atomic E-state index is 5.19. The van der Waals surface area contributed by atoms with E-state index in [0.29, 0.717) is 6.42 Å². The lowest BCUT2D eigenvalue weighted by molar-refractivity contribution is 0.698. The molecule has 1 rings (SSSR count). The summed E-state index contributed by atoms with van der Waals surface area (Å²) in [6, 6.07) is 0. The van der Waals surface area contributed by atoms with Crippen molar-refractivity contribution in [2.45, 2.75) is 19.4 Å². The number of aromatic nitrogens is 3. The Balaban J connectivity index is 2.32. The van der Waals surface area contributed by atoms with Crippen LogP contribution in [0.5, 0.6) is 0 Å². The van der Waals surface area contributed by atoms with E-state index in [1.165, 1.54) is 6.33 Å². The van der Waals surface area contributed by atoms with E-state index in [4.69, 9.17) is 6.42 Å². The Morgan fingerprint density at radius 1 is 1.56 bits per heavy atom. The van der Waals surface area contributed by atoms with Gasteiger partial charge < -0.3 is 5.32 Å². The van der Waals surface area contributed by atoms with Gasteiger partial charge in [0.25, 0.3) is 0 Å². The van der Waals surface area contributed by atoms with Crippen LogP contribution in [0, 0.1) is 12.3 Å². The van der Waals surface area contributed by atoms with Crippen molar-refractivity contribution in [2.24, 2.45) is 0 Å². The van der Waals surface area contributed by atoms with Crippen molar-refractivity contribution in [3.63, 3.8) is 0 Å². The van der Waals surface area contributed by atoms with Crippen LogP contribution >= 0.6 is 0 Å². The van der Waals surface area contributed by atoms with Crippen molar-refractivity contribution in [3.05, 3.63) is 36.6 Å². The zero-order valence-electron chi connectivity index (χ0n) is 9.43. The van der Waals surface area contributed by atoms with Crippen LogP contribution in [0.4, 0.5) is 0 Å². The molecule has 0 unspecified atom stereocenters. The maximum Gasteiger partial charge on any atom is 0.137 e. The highest BCUT2D eigenvalue weighted by Gasteiger charge is 1.89. The standard InChI is InChI=1S/C12H16N4/c1-3-4-7-12(13-2)8-5-6-9-16-11-14-10-15-16/h1,5-7,10-11,13H,4,8-9H2,2H3/b6-5-,12-7+. The summed E-state index contributed by atoms with van der Waals surface area (Å²) in [5, 5.41) is 7.11. The van der Waals surface area contributed by atoms with Gasteiger partial charge in [-0.15, -0.1) is 12.3 Å². The Bertz CT molecular complexity index is 382. The molecule has 4 heteroatoms. The highest BCUT2D eigenvalue weighted by atomic mass is 15.3. The first-order valence-corrected chi connectivity index (χ1v) is 5.14. The molecule has 0 atom stereocenters. The molecule has 0 saturated carbocycles. The van der Waals surface area contributed by atoms with E-state index in [1.54, 1.807) is 11.0 Å². The lowest BCUT2D eigenvalue weighted by Crippen LogP contribution is -2.04. The van der Waals surface area contributed by atoms with Crippen molar-refractivity contribution in [3.8, 4) is 12.3 Å². The number of hydrogen-bond acceptors (Lipinski definition) is 3. The summed E-state index contributed by atoms with van der Waals surface area (Å²) >= 11 is 0. The van der Waals surface area contributed by atoms with Gasteiger partial charge in [0.15, 0.2) is 0 Å². The topological polar surface area (TPSA) is 42.7 Å². The van der Waals surface area contributed by atoms with Crippen LogP contribution in [0.25, 0.3) is 0 Å². The molecule has 1 N–H and O–H groups in total. The predicted octanol–water partition coefficient (Wildman–Crippen LogP) is 1.35. The number of rotatable bonds is 6. The molecular formula is C12H16N4. The lowest BCUT2D eigenvalue weighted by Gasteiger charge is -2.02. The number of nitrogens with one attached hydrogen (secondary N) is 1. The second kappa shape index (κ2) is 7.30. The Hall–Kier alpha value is -2.02. The first-order chi connectivity index (χ1) is 7.86. The van der Waals surface area contributed by atoms with Crippen LogP contribution in [0.3, 0.4) is 0 Å². The molecule has 0 amide bonds. The van der Waals surface area contributed by atoms with Gasteiger partial charge in [0.2, 0.25) is 0 Å². The van der Waals surface area contributed by atoms with Gasteiger partial charge in [0.05, 0.1) is 6.54 Å². The smallest absolute Gasteiger partial charge is 0.137 e. The summed E-state index contributed by atoms with van der Waals surface area (Å²) in [5.41, 5.74) is 1.13. The fourth-order valence-electron chi connectivity index (χ4n) is 1.19. The molecule has 0 radical (unpaired) electrons. The Morgan fingerprint density at radius 3 is 3.06 bits per heavy atom. The largest absolute Gasteiger partial charge is 0.391 e. The molecule has 0 aliphatic heterocycles. The van der Waals surface area contributed by atoms with E-state index in [2.05, 4.69) is 33.5 Å². The third-order valence-corrected chi connectivity index (χ3v) is 2.05. The van der Waals surface area contributed by atoms with Crippen LogP contribution < -0.4 is 5.32 Å². The summed E-state index contributed by atoms with van der Waals surface area (Å²) in [5.74, 6) is 2.58. The number of nitrogens with zero attached hydrogens (tertiary/aromatic N) is 3. The summed E-state index contributed by atoms with van der Waals surface area (Å²) in [7, 11) is 1.90. The molecule has 1 aromatic rings. The van der Waals surface area contributed by atoms with Crippen LogP contribution in [0.15, 0.2) is 36.6 Å². The minimum absolute atomic E-state index is 0.660. The Morgan fingerprint density at radius 2 is 2.44 bits per heavy atom. The summed E-state index contributed by atoms with van der Waals surface area (Å²) in [6.07, 6.45) is 16.1. The fraction of sp³-hybridized carbons (Fsp3) is 0.333. The molecule has 84 valence electrons. The van der Waals surface area contributed by atoms with Gasteiger partial charge in [-0.2, -0.15) is 5.10 Å². The average molecular weight is 216 g/mol. The number of terminal acetylenes is 1. The highest BCUT2D eigenvalue weighted by Crippen LogP contribution is 1.99. The SMILES string of the molecule is C#CC/C=C(\C/C=C\Cn1cncn1)NC. The molecule has 1 aromatic heterocycles. The molecule has 0 spiro atoms. The minimum Gasteiger partial charge on any atom is -0.391 e. The zero-order valence-corrected chi connectivity index (χ0v) is 9.43. The first kappa shape index (κ1) is 12.1. The van der Waals surface area contributed by atoms with Crippen LogP contribution in [-0.2, 0) is 6.54 Å². The Labute approximate surface area is 96.1 Å². The molecule has 1 heterocycles. The van der Waals surface area contributed by atoms with E-state index in [1.807, 2.05) is 13.1 Å². The van der Waals surface area contributed by atoms with Crippen LogP contribution in [0.2, 0.25) is 0 Å². The van der Waals surface area contributed by atoms with Gasteiger partial charge in [-0.1, -0.05) is 18.2 Å². The van der Waals surface area contributed by atoms with Gasteiger partial charge in [0, 0.05) is 25.6 Å². The quantitative estimate of drug-likeness (QED) is 0.576. The summed E-state index contributed by atoms with van der Waals surface area (Å²) < 4.78 is 1.76. The third kappa shape index (κ3) is 4.47. The lowest BCUT2D eigenvalue weighted by atomic mass is 10.2. The van der Waals surface area contributed by atoms with Gasteiger partial charge >= 0.3 is 0 Å². The minimum atomic E-state index is 0.660. The molecule has 0 aliphatic carbocycles. The summed E-state index contributed by atoms with van der Waals surface area (Å²) in [4.78, 5) is 3.86. The number of hydrogen-bond donors (Lipinski definition) is 1. The average Bonchev–Trinajstić information content (AvgIpc) is 2.81. The Kier molecular flexibility index (Phi) is 5.49. The molecular weight excluding hydrogens is 200 g/mol. The maximum absolute atomic E-state index is 5.19. The van der Waals surface area contributed by atoms with Crippen molar-refractivity contribution in [2.75, 3.05) is 7.05 Å². The van der Waals surface area contributed by atoms with Gasteiger partial charge in [-0.25, -0.2) is 9.67 Å². The molecule has 0 fully saturated rings. The predicted molar refractivity (Wildman–Crippen MR) is 64.4 cm³/mol. The second-order valence-electron chi connectivity index (χ2n) is 3.18. The molecule has 4 nitrogen and oxygen atoms in total. The normalized spacial score (nSPS) is 11.6. The second-order valence-corrected chi connectivity index (χ2v) is 3.18. The van der Waals surface area contributed by atoms with Gasteiger partial charge in [0.1, 0.15) is 12.7 Å². The first-order valence-electron chi connectivity index (χ1n) is 5.14. The van der Waals surface area contributed by atoms with Gasteiger partial charge in [-0.3, -0.25) is 0 Å². The van der Waals surface area contributed by atoms with Crippen molar-refractivity contribution in [1.82, 2.24) is 20.1 Å². The third-order valence-electron chi connectivity index (χ3n) is 2.05. The van der Waals surface area contributed by atoms with E-state index >= 15 is 0 Å². The molecule has 0 bridgehead atoms. The zero-order chi connectivity index (χ0) is 11.6. The van der Waals surface area contributed by atoms with E-state index in [0.717, 1.165) is 18.7 Å². The highest BCUT2D eigenvalue weighted by molar-refractivity contribution is 5.08. The summed E-state index contributed by atoms with van der Waals surface area (Å²) in [6.45, 7) is 0.742. The van der Waals surface area contributed by atoms with Crippen molar-refractivity contribution >= 4 is 0 Å². The van der Waals surface area contributed by atoms with E-state index < -0.39 is 0 Å². The molecule has 16 heavy (non-hydrogen) atoms. The van der Waals surface area contributed by atoms with Crippen molar-refractivity contribution in [1.29, 1.82) is 0 Å². The van der Waals surface area contributed by atoms with Crippen molar-refractivity contribution < 1.29 is 0 Å². The monoisotopic (exact) mass is 216 g/mol. The van der Waals surface area contributed by atoms with Gasteiger partial charge in [-0.05, 0) is 0 Å². The number of allylic oxidation sites excluding steroid dienone is 3. The van der Waals surface area contributed by atoms with Crippen LogP contribution in [0.1, 0.15) is 12.8 Å².